The van der Waals surface area contributed by atoms with Crippen LogP contribution in [0.25, 0.3) is 0 Å². The molecule has 2 aliphatic heterocycles. The van der Waals surface area contributed by atoms with Crippen LogP contribution in [0.2, 0.25) is 0 Å². The number of thioether (sulfide) groups is 1. The van der Waals surface area contributed by atoms with Crippen LogP contribution < -0.4 is 21.9 Å². The number of nitrogens with zero attached hydrogens (tertiary/aromatic N) is 1. The van der Waals surface area contributed by atoms with Crippen molar-refractivity contribution in [2.45, 2.75) is 11.3 Å². The van der Waals surface area contributed by atoms with E-state index in [0.29, 0.717) is 5.17 Å². The summed E-state index contributed by atoms with van der Waals surface area (Å²) in [6.45, 7) is 0. The van der Waals surface area contributed by atoms with Crippen LogP contribution in [0.5, 0.6) is 0 Å². The average molecular weight is 348 g/mol. The number of nitrogens with one attached hydrogen (secondary N) is 1. The highest BCUT2D eigenvalue weighted by atomic mass is 79.9. The first-order chi connectivity index (χ1) is 8.07. The van der Waals surface area contributed by atoms with Crippen molar-refractivity contribution in [2.24, 2.45) is 0 Å². The molecular weight excluding hydrogens is 336 g/mol. The fourth-order valence-corrected chi connectivity index (χ4v) is 6.19. The molecule has 4 nitrogen and oxygen atoms in total. The van der Waals surface area contributed by atoms with Crippen molar-refractivity contribution < 1.29 is 25.4 Å². The van der Waals surface area contributed by atoms with Gasteiger partial charge in [-0.2, -0.15) is 0 Å². The van der Waals surface area contributed by atoms with Crippen molar-refractivity contribution in [3.63, 3.8) is 0 Å². The molecule has 2 heterocycles. The van der Waals surface area contributed by atoms with Crippen LogP contribution in [0.15, 0.2) is 30.3 Å². The third-order valence-electron chi connectivity index (χ3n) is 3.12. The SMILES string of the molecule is N=C1SC2CS(=O)(=O)CC2N1c1ccccc1.[Br-]. The number of halogens is 1. The summed E-state index contributed by atoms with van der Waals surface area (Å²) in [6, 6.07) is 9.50. The molecular formula is C11H12BrN2O2S2-. The maximum absolute atomic E-state index is 11.6. The number of amidine groups is 1. The summed E-state index contributed by atoms with van der Waals surface area (Å²) in [7, 11) is -2.93. The molecule has 1 aromatic rings. The zero-order chi connectivity index (χ0) is 12.0. The number of rotatable bonds is 1. The molecule has 2 aliphatic rings. The monoisotopic (exact) mass is 347 g/mol. The van der Waals surface area contributed by atoms with E-state index >= 15 is 0 Å². The summed E-state index contributed by atoms with van der Waals surface area (Å²) >= 11 is 1.37. The predicted molar refractivity (Wildman–Crippen MR) is 70.5 cm³/mol. The number of hydrogen-bond donors (Lipinski definition) is 1. The summed E-state index contributed by atoms with van der Waals surface area (Å²) in [6.07, 6.45) is 0. The minimum atomic E-state index is -2.93. The van der Waals surface area contributed by atoms with Crippen LogP contribution in [0.1, 0.15) is 0 Å². The van der Waals surface area contributed by atoms with Crippen molar-refractivity contribution in [1.82, 2.24) is 0 Å². The summed E-state index contributed by atoms with van der Waals surface area (Å²) in [5.74, 6) is 0.371. The lowest BCUT2D eigenvalue weighted by molar-refractivity contribution is -0.00000595. The molecule has 0 aromatic heterocycles. The second kappa shape index (κ2) is 4.86. The van der Waals surface area contributed by atoms with E-state index in [0.717, 1.165) is 5.69 Å². The van der Waals surface area contributed by atoms with Gasteiger partial charge in [0.05, 0.1) is 17.5 Å². The van der Waals surface area contributed by atoms with E-state index in [9.17, 15) is 8.42 Å². The lowest BCUT2D eigenvalue weighted by atomic mass is 10.2. The molecule has 0 radical (unpaired) electrons. The zero-order valence-corrected chi connectivity index (χ0v) is 12.6. The molecule has 7 heteroatoms. The number of para-hydroxylation sites is 1. The predicted octanol–water partition coefficient (Wildman–Crippen LogP) is -1.66. The summed E-state index contributed by atoms with van der Waals surface area (Å²) < 4.78 is 23.2. The highest BCUT2D eigenvalue weighted by Crippen LogP contribution is 2.39. The van der Waals surface area contributed by atoms with Crippen molar-refractivity contribution in [3.8, 4) is 0 Å². The second-order valence-corrected chi connectivity index (χ2v) is 7.69. The van der Waals surface area contributed by atoms with Crippen molar-refractivity contribution in [1.29, 1.82) is 5.41 Å². The maximum Gasteiger partial charge on any atom is 0.161 e. The molecule has 1 aromatic carbocycles. The topological polar surface area (TPSA) is 61.2 Å². The smallest absolute Gasteiger partial charge is 0.161 e. The van der Waals surface area contributed by atoms with E-state index in [4.69, 9.17) is 5.41 Å². The molecule has 2 saturated heterocycles. The molecule has 1 N–H and O–H groups in total. The lowest BCUT2D eigenvalue weighted by Crippen LogP contribution is -3.00. The first-order valence-electron chi connectivity index (χ1n) is 5.37. The Bertz CT molecular complexity index is 562. The number of benzene rings is 1. The highest BCUT2D eigenvalue weighted by Gasteiger charge is 2.48. The van der Waals surface area contributed by atoms with Gasteiger partial charge in [0.25, 0.3) is 0 Å². The van der Waals surface area contributed by atoms with Crippen LogP contribution in [-0.2, 0) is 9.84 Å². The first kappa shape index (κ1) is 13.9. The Labute approximate surface area is 121 Å². The highest BCUT2D eigenvalue weighted by molar-refractivity contribution is 8.15. The largest absolute Gasteiger partial charge is 1.00 e. The average Bonchev–Trinajstić information content (AvgIpc) is 2.69. The molecule has 2 unspecified atom stereocenters. The fraction of sp³-hybridized carbons (Fsp3) is 0.364. The fourth-order valence-electron chi connectivity index (χ4n) is 2.40. The van der Waals surface area contributed by atoms with Gasteiger partial charge in [-0.3, -0.25) is 5.41 Å². The van der Waals surface area contributed by atoms with Gasteiger partial charge in [0.1, 0.15) is 0 Å². The standard InChI is InChI=1S/C11H12N2O2S2.BrH/c12-11-13(8-4-2-1-3-5-8)9-6-17(14,15)7-10(9)16-11;/h1-5,9-10,12H,6-7H2;1H/p-1. The Morgan fingerprint density at radius 2 is 1.89 bits per heavy atom. The molecule has 98 valence electrons. The van der Waals surface area contributed by atoms with E-state index in [1.807, 2.05) is 35.2 Å². The molecule has 2 atom stereocenters. The van der Waals surface area contributed by atoms with E-state index in [-0.39, 0.29) is 39.8 Å². The molecule has 0 amide bonds. The van der Waals surface area contributed by atoms with E-state index in [1.54, 1.807) is 0 Å². The van der Waals surface area contributed by atoms with Gasteiger partial charge in [-0.25, -0.2) is 8.42 Å². The maximum atomic E-state index is 11.6. The van der Waals surface area contributed by atoms with Crippen molar-refractivity contribution in [3.05, 3.63) is 30.3 Å². The van der Waals surface area contributed by atoms with Gasteiger partial charge >= 0.3 is 0 Å². The third-order valence-corrected chi connectivity index (χ3v) is 6.25. The summed E-state index contributed by atoms with van der Waals surface area (Å²) in [4.78, 5) is 1.85. The number of hydrogen-bond acceptors (Lipinski definition) is 4. The molecule has 2 fully saturated rings. The Morgan fingerprint density at radius 1 is 1.22 bits per heavy atom. The van der Waals surface area contributed by atoms with Crippen LogP contribution >= 0.6 is 11.8 Å². The number of sulfone groups is 1. The van der Waals surface area contributed by atoms with Crippen LogP contribution in [0.3, 0.4) is 0 Å². The van der Waals surface area contributed by atoms with Gasteiger partial charge in [-0.15, -0.1) is 0 Å². The minimum Gasteiger partial charge on any atom is -1.00 e. The van der Waals surface area contributed by atoms with Gasteiger partial charge in [0, 0.05) is 10.9 Å². The van der Waals surface area contributed by atoms with Gasteiger partial charge < -0.3 is 21.9 Å². The summed E-state index contributed by atoms with van der Waals surface area (Å²) in [5.41, 5.74) is 0.912. The van der Waals surface area contributed by atoms with Crippen molar-refractivity contribution in [2.75, 3.05) is 16.4 Å². The third kappa shape index (κ3) is 2.31. The van der Waals surface area contributed by atoms with Crippen LogP contribution in [0.4, 0.5) is 5.69 Å². The molecule has 18 heavy (non-hydrogen) atoms. The number of anilines is 1. The zero-order valence-electron chi connectivity index (χ0n) is 9.41. The molecule has 0 aliphatic carbocycles. The molecule has 0 spiro atoms. The quantitative estimate of drug-likeness (QED) is 0.660. The van der Waals surface area contributed by atoms with Gasteiger partial charge in [0.15, 0.2) is 15.0 Å². The Balaban J connectivity index is 0.00000120. The van der Waals surface area contributed by atoms with E-state index < -0.39 is 9.84 Å². The van der Waals surface area contributed by atoms with Gasteiger partial charge in [0.2, 0.25) is 0 Å². The molecule has 0 saturated carbocycles. The summed E-state index contributed by atoms with van der Waals surface area (Å²) in [5, 5.41) is 8.45. The number of fused-ring (bicyclic) bond motifs is 1. The van der Waals surface area contributed by atoms with E-state index in [2.05, 4.69) is 0 Å². The Morgan fingerprint density at radius 3 is 2.56 bits per heavy atom. The van der Waals surface area contributed by atoms with E-state index in [1.165, 1.54) is 11.8 Å². The van der Waals surface area contributed by atoms with Gasteiger partial charge in [-0.05, 0) is 12.1 Å². The Kier molecular flexibility index (Phi) is 3.75. The molecule has 3 rings (SSSR count). The van der Waals surface area contributed by atoms with Crippen LogP contribution in [-0.4, -0.2) is 36.4 Å². The minimum absolute atomic E-state index is 0. The first-order valence-corrected chi connectivity index (χ1v) is 8.07. The van der Waals surface area contributed by atoms with Gasteiger partial charge in [-0.1, -0.05) is 30.0 Å². The Hall–Kier alpha value is -0.530. The van der Waals surface area contributed by atoms with Crippen LogP contribution in [0, 0.1) is 5.41 Å². The second-order valence-electron chi connectivity index (χ2n) is 4.31. The lowest BCUT2D eigenvalue weighted by Gasteiger charge is -2.23. The molecule has 0 bridgehead atoms. The van der Waals surface area contributed by atoms with Crippen molar-refractivity contribution >= 4 is 32.5 Å². The normalized spacial score (nSPS) is 28.9.